The second-order valence-corrected chi connectivity index (χ2v) is 3.88. The first kappa shape index (κ1) is 8.73. The molecule has 0 N–H and O–H groups in total. The minimum atomic E-state index is 0.0808. The minimum absolute atomic E-state index is 0.0808. The molecule has 0 fully saturated rings. The Balaban J connectivity index is 3.71. The minimum Gasteiger partial charge on any atom is -0.211 e. The summed E-state index contributed by atoms with van der Waals surface area (Å²) in [5, 5.41) is 0. The van der Waals surface area contributed by atoms with Crippen LogP contribution >= 0.6 is 11.8 Å². The van der Waals surface area contributed by atoms with Crippen LogP contribution < -0.4 is 0 Å². The van der Waals surface area contributed by atoms with Crippen molar-refractivity contribution in [3.8, 4) is 0 Å². The van der Waals surface area contributed by atoms with Crippen molar-refractivity contribution in [2.45, 2.75) is 18.6 Å². The van der Waals surface area contributed by atoms with Crippen molar-refractivity contribution in [2.24, 2.45) is 4.99 Å². The molecule has 0 atom stereocenters. The summed E-state index contributed by atoms with van der Waals surface area (Å²) in [5.41, 5.74) is 0. The zero-order valence-corrected chi connectivity index (χ0v) is 6.79. The summed E-state index contributed by atoms with van der Waals surface area (Å²) in [4.78, 5) is 13.2. The third kappa shape index (κ3) is 4.25. The van der Waals surface area contributed by atoms with Crippen LogP contribution in [0.15, 0.2) is 4.99 Å². The molecule has 0 aliphatic carbocycles. The highest BCUT2D eigenvalue weighted by atomic mass is 32.2. The lowest BCUT2D eigenvalue weighted by Gasteiger charge is -2.17. The highest BCUT2D eigenvalue weighted by Crippen LogP contribution is 2.20. The Bertz CT molecular complexity index is 127. The Morgan fingerprint density at radius 1 is 1.67 bits per heavy atom. The number of aliphatic imine (C=N–C) groups is 1. The fourth-order valence-corrected chi connectivity index (χ4v) is 0.481. The molecule has 52 valence electrons. The van der Waals surface area contributed by atoms with E-state index in [2.05, 4.69) is 4.99 Å². The molecular formula is C6H11NOS. The molecule has 0 aromatic heterocycles. The molecule has 2 nitrogen and oxygen atoms in total. The van der Waals surface area contributed by atoms with Crippen LogP contribution in [0.1, 0.15) is 13.8 Å². The SMILES string of the molecule is CSC(C)(C)CN=C=O. The maximum absolute atomic E-state index is 9.67. The van der Waals surface area contributed by atoms with Crippen molar-refractivity contribution in [1.29, 1.82) is 0 Å². The summed E-state index contributed by atoms with van der Waals surface area (Å²) >= 11 is 1.69. The van der Waals surface area contributed by atoms with E-state index < -0.39 is 0 Å². The van der Waals surface area contributed by atoms with Gasteiger partial charge in [0.05, 0.1) is 6.54 Å². The highest BCUT2D eigenvalue weighted by Gasteiger charge is 2.13. The van der Waals surface area contributed by atoms with Gasteiger partial charge in [0.1, 0.15) is 0 Å². The largest absolute Gasteiger partial charge is 0.234 e. The molecule has 0 unspecified atom stereocenters. The number of isocyanates is 1. The summed E-state index contributed by atoms with van der Waals surface area (Å²) < 4.78 is 0.0808. The van der Waals surface area contributed by atoms with Crippen LogP contribution in [0.4, 0.5) is 0 Å². The molecule has 9 heavy (non-hydrogen) atoms. The first-order valence-corrected chi connectivity index (χ1v) is 3.93. The van der Waals surface area contributed by atoms with Gasteiger partial charge in [0.25, 0.3) is 0 Å². The zero-order valence-electron chi connectivity index (χ0n) is 5.97. The third-order valence-corrected chi connectivity index (χ3v) is 2.31. The van der Waals surface area contributed by atoms with Crippen molar-refractivity contribution in [3.63, 3.8) is 0 Å². The lowest BCUT2D eigenvalue weighted by molar-refractivity contribution is 0.560. The van der Waals surface area contributed by atoms with Gasteiger partial charge in [0.2, 0.25) is 6.08 Å². The van der Waals surface area contributed by atoms with E-state index in [1.54, 1.807) is 11.8 Å². The molecule has 0 heterocycles. The summed E-state index contributed by atoms with van der Waals surface area (Å²) in [6.45, 7) is 4.63. The number of nitrogens with zero attached hydrogens (tertiary/aromatic N) is 1. The van der Waals surface area contributed by atoms with Gasteiger partial charge in [-0.1, -0.05) is 0 Å². The van der Waals surface area contributed by atoms with Crippen molar-refractivity contribution in [2.75, 3.05) is 12.8 Å². The van der Waals surface area contributed by atoms with Crippen molar-refractivity contribution >= 4 is 17.8 Å². The van der Waals surface area contributed by atoms with Gasteiger partial charge in [-0.2, -0.15) is 11.8 Å². The first-order valence-electron chi connectivity index (χ1n) is 2.71. The van der Waals surface area contributed by atoms with E-state index in [9.17, 15) is 4.79 Å². The Morgan fingerprint density at radius 2 is 2.22 bits per heavy atom. The molecule has 0 saturated carbocycles. The molecule has 0 spiro atoms. The normalized spacial score (nSPS) is 10.6. The van der Waals surface area contributed by atoms with Crippen molar-refractivity contribution in [1.82, 2.24) is 0 Å². The molecule has 0 saturated heterocycles. The summed E-state index contributed by atoms with van der Waals surface area (Å²) in [5.74, 6) is 0. The average Bonchev–Trinajstić information content (AvgIpc) is 1.84. The van der Waals surface area contributed by atoms with Gasteiger partial charge in [-0.05, 0) is 20.1 Å². The van der Waals surface area contributed by atoms with Crippen LogP contribution in [-0.4, -0.2) is 23.6 Å². The van der Waals surface area contributed by atoms with Gasteiger partial charge in [0.15, 0.2) is 0 Å². The Kier molecular flexibility index (Phi) is 3.59. The lowest BCUT2D eigenvalue weighted by Crippen LogP contribution is -2.17. The fraction of sp³-hybridized carbons (Fsp3) is 0.833. The van der Waals surface area contributed by atoms with Gasteiger partial charge in [-0.15, -0.1) is 0 Å². The Hall–Kier alpha value is -0.270. The topological polar surface area (TPSA) is 29.4 Å². The van der Waals surface area contributed by atoms with Gasteiger partial charge in [0, 0.05) is 4.75 Å². The standard InChI is InChI=1S/C6H11NOS/c1-6(2,9-3)4-7-5-8/h4H2,1-3H3. The molecule has 0 rings (SSSR count). The summed E-state index contributed by atoms with van der Waals surface area (Å²) in [6.07, 6.45) is 3.52. The predicted molar refractivity (Wildman–Crippen MR) is 40.6 cm³/mol. The van der Waals surface area contributed by atoms with Crippen molar-refractivity contribution < 1.29 is 4.79 Å². The first-order chi connectivity index (χ1) is 4.12. The Morgan fingerprint density at radius 3 is 2.56 bits per heavy atom. The van der Waals surface area contributed by atoms with Crippen LogP contribution in [0.25, 0.3) is 0 Å². The van der Waals surface area contributed by atoms with Gasteiger partial charge in [-0.25, -0.2) is 9.79 Å². The fourth-order valence-electron chi connectivity index (χ4n) is 0.287. The van der Waals surface area contributed by atoms with E-state index in [1.165, 1.54) is 6.08 Å². The monoisotopic (exact) mass is 145 g/mol. The van der Waals surface area contributed by atoms with E-state index in [1.807, 2.05) is 20.1 Å². The molecule has 3 heteroatoms. The summed E-state index contributed by atoms with van der Waals surface area (Å²) in [7, 11) is 0. The average molecular weight is 145 g/mol. The number of hydrogen-bond acceptors (Lipinski definition) is 3. The molecule has 0 aromatic rings. The number of rotatable bonds is 3. The second-order valence-electron chi connectivity index (χ2n) is 2.37. The molecule has 0 aliphatic heterocycles. The Labute approximate surface area is 59.7 Å². The van der Waals surface area contributed by atoms with E-state index in [0.717, 1.165) is 0 Å². The quantitative estimate of drug-likeness (QED) is 0.444. The van der Waals surface area contributed by atoms with Gasteiger partial charge < -0.3 is 0 Å². The van der Waals surface area contributed by atoms with Crippen LogP contribution in [0.3, 0.4) is 0 Å². The zero-order chi connectivity index (χ0) is 7.33. The van der Waals surface area contributed by atoms with E-state index in [4.69, 9.17) is 0 Å². The lowest BCUT2D eigenvalue weighted by atomic mass is 10.2. The number of hydrogen-bond donors (Lipinski definition) is 0. The van der Waals surface area contributed by atoms with E-state index in [-0.39, 0.29) is 4.75 Å². The molecule has 0 amide bonds. The smallest absolute Gasteiger partial charge is 0.211 e. The third-order valence-electron chi connectivity index (χ3n) is 1.08. The van der Waals surface area contributed by atoms with Crippen LogP contribution in [0.2, 0.25) is 0 Å². The predicted octanol–water partition coefficient (Wildman–Crippen LogP) is 1.46. The maximum Gasteiger partial charge on any atom is 0.234 e. The summed E-state index contributed by atoms with van der Waals surface area (Å²) in [6, 6.07) is 0. The van der Waals surface area contributed by atoms with Crippen LogP contribution in [0.5, 0.6) is 0 Å². The van der Waals surface area contributed by atoms with E-state index in [0.29, 0.717) is 6.54 Å². The number of thioether (sulfide) groups is 1. The van der Waals surface area contributed by atoms with Crippen LogP contribution in [-0.2, 0) is 4.79 Å². The molecular weight excluding hydrogens is 134 g/mol. The van der Waals surface area contributed by atoms with Gasteiger partial charge >= 0.3 is 0 Å². The van der Waals surface area contributed by atoms with E-state index >= 15 is 0 Å². The molecule has 0 aromatic carbocycles. The second kappa shape index (κ2) is 3.70. The maximum atomic E-state index is 9.67. The van der Waals surface area contributed by atoms with Crippen molar-refractivity contribution in [3.05, 3.63) is 0 Å². The number of carbonyl (C=O) groups excluding carboxylic acids is 1. The molecule has 0 bridgehead atoms. The highest BCUT2D eigenvalue weighted by molar-refractivity contribution is 7.99. The molecule has 0 aliphatic rings. The van der Waals surface area contributed by atoms with Crippen LogP contribution in [0, 0.1) is 0 Å². The molecule has 0 radical (unpaired) electrons. The van der Waals surface area contributed by atoms with Gasteiger partial charge in [-0.3, -0.25) is 0 Å².